The summed E-state index contributed by atoms with van der Waals surface area (Å²) in [6.07, 6.45) is 27.0. The van der Waals surface area contributed by atoms with Crippen molar-refractivity contribution < 1.29 is 4.79 Å². The van der Waals surface area contributed by atoms with Crippen molar-refractivity contribution in [2.24, 2.45) is 5.92 Å². The summed E-state index contributed by atoms with van der Waals surface area (Å²) in [6.45, 7) is 4.50. The summed E-state index contributed by atoms with van der Waals surface area (Å²) >= 11 is 0. The van der Waals surface area contributed by atoms with Gasteiger partial charge in [-0.15, -0.1) is 0 Å². The van der Waals surface area contributed by atoms with Gasteiger partial charge < -0.3 is 4.90 Å². The molecule has 168 valence electrons. The summed E-state index contributed by atoms with van der Waals surface area (Å²) in [4.78, 5) is 14.1. The minimum atomic E-state index is 0.265. The second-order valence-electron chi connectivity index (χ2n) is 9.16. The summed E-state index contributed by atoms with van der Waals surface area (Å²) in [5.41, 5.74) is 0. The van der Waals surface area contributed by atoms with Crippen molar-refractivity contribution in [1.82, 2.24) is 4.90 Å². The van der Waals surface area contributed by atoms with E-state index in [1.165, 1.54) is 116 Å². The maximum atomic E-state index is 12.3. The standard InChI is InChI=1S/C26H53NO/c1-5-7-9-10-11-12-13-14-15-16-17-18-19-20-21-22-24-25(23-8-6-2)26(28)27(3)4/h25H,5-24H2,1-4H3. The monoisotopic (exact) mass is 395 g/mol. The average molecular weight is 396 g/mol. The predicted octanol–water partition coefficient (Wildman–Crippen LogP) is 8.53. The average Bonchev–Trinajstić information content (AvgIpc) is 2.69. The number of carbonyl (C=O) groups is 1. The van der Waals surface area contributed by atoms with E-state index in [0.717, 1.165) is 12.8 Å². The molecular weight excluding hydrogens is 342 g/mol. The van der Waals surface area contributed by atoms with Crippen LogP contribution in [0.1, 0.15) is 142 Å². The van der Waals surface area contributed by atoms with E-state index in [2.05, 4.69) is 13.8 Å². The molecule has 2 nitrogen and oxygen atoms in total. The topological polar surface area (TPSA) is 20.3 Å². The van der Waals surface area contributed by atoms with Crippen LogP contribution in [0.25, 0.3) is 0 Å². The fourth-order valence-electron chi connectivity index (χ4n) is 4.15. The molecule has 0 saturated heterocycles. The van der Waals surface area contributed by atoms with Crippen molar-refractivity contribution in [1.29, 1.82) is 0 Å². The zero-order valence-electron chi connectivity index (χ0n) is 20.1. The Morgan fingerprint density at radius 1 is 0.536 bits per heavy atom. The van der Waals surface area contributed by atoms with Gasteiger partial charge in [-0.05, 0) is 12.8 Å². The van der Waals surface area contributed by atoms with Gasteiger partial charge in [0.15, 0.2) is 0 Å². The van der Waals surface area contributed by atoms with Crippen LogP contribution in [-0.4, -0.2) is 24.9 Å². The van der Waals surface area contributed by atoms with E-state index in [1.54, 1.807) is 4.90 Å². The SMILES string of the molecule is CCCCCCCCCCCCCCCCCCC(CCCC)C(=O)N(C)C. The van der Waals surface area contributed by atoms with Crippen molar-refractivity contribution in [3.63, 3.8) is 0 Å². The van der Waals surface area contributed by atoms with Crippen LogP contribution in [0.2, 0.25) is 0 Å². The van der Waals surface area contributed by atoms with Gasteiger partial charge >= 0.3 is 0 Å². The third-order valence-corrected chi connectivity index (χ3v) is 6.10. The molecule has 1 atom stereocenters. The minimum absolute atomic E-state index is 0.265. The molecule has 0 N–H and O–H groups in total. The third-order valence-electron chi connectivity index (χ3n) is 6.10. The molecule has 0 fully saturated rings. The van der Waals surface area contributed by atoms with Crippen LogP contribution < -0.4 is 0 Å². The first kappa shape index (κ1) is 27.5. The van der Waals surface area contributed by atoms with E-state index in [0.29, 0.717) is 5.91 Å². The largest absolute Gasteiger partial charge is 0.349 e. The molecule has 1 unspecified atom stereocenters. The zero-order chi connectivity index (χ0) is 20.9. The third kappa shape index (κ3) is 17.6. The molecule has 0 spiro atoms. The van der Waals surface area contributed by atoms with Gasteiger partial charge in [-0.3, -0.25) is 4.79 Å². The molecule has 0 bridgehead atoms. The van der Waals surface area contributed by atoms with Crippen molar-refractivity contribution in [2.45, 2.75) is 142 Å². The molecule has 0 aromatic rings. The Bertz CT molecular complexity index is 326. The van der Waals surface area contributed by atoms with E-state index >= 15 is 0 Å². The molecular formula is C26H53NO. The summed E-state index contributed by atoms with van der Waals surface area (Å²) < 4.78 is 0. The smallest absolute Gasteiger partial charge is 0.225 e. The van der Waals surface area contributed by atoms with E-state index < -0.39 is 0 Å². The molecule has 0 rings (SSSR count). The van der Waals surface area contributed by atoms with Crippen LogP contribution in [0.3, 0.4) is 0 Å². The molecule has 1 amide bonds. The van der Waals surface area contributed by atoms with Gasteiger partial charge in [0, 0.05) is 20.0 Å². The van der Waals surface area contributed by atoms with Crippen molar-refractivity contribution in [3.05, 3.63) is 0 Å². The number of unbranched alkanes of at least 4 members (excludes halogenated alkanes) is 16. The number of carbonyl (C=O) groups excluding carboxylic acids is 1. The highest BCUT2D eigenvalue weighted by Crippen LogP contribution is 2.20. The van der Waals surface area contributed by atoms with Gasteiger partial charge in [0.1, 0.15) is 0 Å². The summed E-state index contributed by atoms with van der Waals surface area (Å²) in [5.74, 6) is 0.607. The van der Waals surface area contributed by atoms with Crippen LogP contribution in [0, 0.1) is 5.92 Å². The quantitative estimate of drug-likeness (QED) is 0.178. The summed E-state index contributed by atoms with van der Waals surface area (Å²) in [6, 6.07) is 0. The Labute approximate surface area is 178 Å². The maximum Gasteiger partial charge on any atom is 0.225 e. The maximum absolute atomic E-state index is 12.3. The van der Waals surface area contributed by atoms with Gasteiger partial charge in [-0.2, -0.15) is 0 Å². The first-order chi connectivity index (χ1) is 13.6. The van der Waals surface area contributed by atoms with E-state index in [4.69, 9.17) is 0 Å². The lowest BCUT2D eigenvalue weighted by Gasteiger charge is -2.20. The molecule has 0 aliphatic rings. The number of nitrogens with zero attached hydrogens (tertiary/aromatic N) is 1. The van der Waals surface area contributed by atoms with Crippen LogP contribution in [0.15, 0.2) is 0 Å². The molecule has 0 aromatic carbocycles. The normalized spacial score (nSPS) is 12.3. The second kappa shape index (κ2) is 21.2. The highest BCUT2D eigenvalue weighted by atomic mass is 16.2. The van der Waals surface area contributed by atoms with Crippen molar-refractivity contribution >= 4 is 5.91 Å². The Morgan fingerprint density at radius 3 is 1.21 bits per heavy atom. The number of amides is 1. The molecule has 0 radical (unpaired) electrons. The first-order valence-electron chi connectivity index (χ1n) is 12.8. The van der Waals surface area contributed by atoms with E-state index in [9.17, 15) is 4.79 Å². The van der Waals surface area contributed by atoms with Gasteiger partial charge in [-0.1, -0.05) is 129 Å². The van der Waals surface area contributed by atoms with E-state index in [1.807, 2.05) is 14.1 Å². The molecule has 0 aromatic heterocycles. The zero-order valence-corrected chi connectivity index (χ0v) is 20.1. The lowest BCUT2D eigenvalue weighted by Crippen LogP contribution is -2.29. The molecule has 0 heterocycles. The second-order valence-corrected chi connectivity index (χ2v) is 9.16. The minimum Gasteiger partial charge on any atom is -0.349 e. The van der Waals surface area contributed by atoms with Crippen LogP contribution in [0.5, 0.6) is 0 Å². The fourth-order valence-corrected chi connectivity index (χ4v) is 4.15. The van der Waals surface area contributed by atoms with Gasteiger partial charge in [0.05, 0.1) is 0 Å². The fraction of sp³-hybridized carbons (Fsp3) is 0.962. The van der Waals surface area contributed by atoms with E-state index in [-0.39, 0.29) is 5.92 Å². The van der Waals surface area contributed by atoms with Gasteiger partial charge in [-0.25, -0.2) is 0 Å². The highest BCUT2D eigenvalue weighted by Gasteiger charge is 2.18. The Kier molecular flexibility index (Phi) is 20.8. The summed E-state index contributed by atoms with van der Waals surface area (Å²) in [5, 5.41) is 0. The molecule has 0 saturated carbocycles. The molecule has 28 heavy (non-hydrogen) atoms. The number of rotatable bonds is 21. The van der Waals surface area contributed by atoms with Crippen LogP contribution in [0.4, 0.5) is 0 Å². The van der Waals surface area contributed by atoms with Crippen LogP contribution >= 0.6 is 0 Å². The van der Waals surface area contributed by atoms with Crippen molar-refractivity contribution in [2.75, 3.05) is 14.1 Å². The lowest BCUT2D eigenvalue weighted by atomic mass is 9.94. The summed E-state index contributed by atoms with van der Waals surface area (Å²) in [7, 11) is 3.80. The Hall–Kier alpha value is -0.530. The Morgan fingerprint density at radius 2 is 0.857 bits per heavy atom. The molecule has 0 aliphatic carbocycles. The molecule has 0 aliphatic heterocycles. The highest BCUT2D eigenvalue weighted by molar-refractivity contribution is 5.78. The number of hydrogen-bond acceptors (Lipinski definition) is 1. The van der Waals surface area contributed by atoms with Gasteiger partial charge in [0.25, 0.3) is 0 Å². The first-order valence-corrected chi connectivity index (χ1v) is 12.8. The van der Waals surface area contributed by atoms with Crippen molar-refractivity contribution in [3.8, 4) is 0 Å². The molecule has 2 heteroatoms. The predicted molar refractivity (Wildman–Crippen MR) is 126 cm³/mol. The van der Waals surface area contributed by atoms with Crippen LogP contribution in [-0.2, 0) is 4.79 Å². The number of hydrogen-bond donors (Lipinski definition) is 0. The Balaban J connectivity index is 3.40. The lowest BCUT2D eigenvalue weighted by molar-refractivity contribution is -0.133. The van der Waals surface area contributed by atoms with Gasteiger partial charge in [0.2, 0.25) is 5.91 Å².